The Hall–Kier alpha value is -0.560. The van der Waals surface area contributed by atoms with E-state index in [1.54, 1.807) is 0 Å². The highest BCUT2D eigenvalue weighted by Gasteiger charge is 1.94. The number of pyridine rings is 1. The van der Waals surface area contributed by atoms with Gasteiger partial charge in [-0.3, -0.25) is 4.98 Å². The van der Waals surface area contributed by atoms with Crippen LogP contribution in [0, 0.1) is 0 Å². The summed E-state index contributed by atoms with van der Waals surface area (Å²) in [5.74, 6) is 0. The van der Waals surface area contributed by atoms with E-state index in [0.29, 0.717) is 0 Å². The lowest BCUT2D eigenvalue weighted by Gasteiger charge is -2.02. The molecule has 0 bridgehead atoms. The maximum absolute atomic E-state index is 4.35. The van der Waals surface area contributed by atoms with Crippen LogP contribution in [0.5, 0.6) is 0 Å². The predicted octanol–water partition coefficient (Wildman–Crippen LogP) is 5.97. The number of hydrogen-bond donors (Lipinski definition) is 0. The Balaban J connectivity index is 0.00000324. The van der Waals surface area contributed by atoms with Crippen LogP contribution in [0.2, 0.25) is 0 Å². The van der Waals surface area contributed by atoms with E-state index in [-0.39, 0.29) is 12.4 Å². The summed E-state index contributed by atoms with van der Waals surface area (Å²) in [6.07, 6.45) is 17.1. The first-order valence-corrected chi connectivity index (χ1v) is 7.83. The Labute approximate surface area is 125 Å². The molecule has 0 atom stereocenters. The van der Waals surface area contributed by atoms with Gasteiger partial charge in [-0.25, -0.2) is 0 Å². The molecule has 0 fully saturated rings. The van der Waals surface area contributed by atoms with Gasteiger partial charge in [0.15, 0.2) is 0 Å². The lowest BCUT2D eigenvalue weighted by Crippen LogP contribution is -1.89. The van der Waals surface area contributed by atoms with Crippen LogP contribution in [0.4, 0.5) is 0 Å². The fourth-order valence-electron chi connectivity index (χ4n) is 2.34. The molecule has 1 aromatic rings. The van der Waals surface area contributed by atoms with Crippen molar-refractivity contribution < 1.29 is 0 Å². The second-order valence-corrected chi connectivity index (χ2v) is 5.25. The van der Waals surface area contributed by atoms with Crippen LogP contribution in [0.25, 0.3) is 0 Å². The minimum Gasteiger partial charge on any atom is -0.261 e. The van der Waals surface area contributed by atoms with Crippen molar-refractivity contribution in [2.45, 2.75) is 77.6 Å². The van der Waals surface area contributed by atoms with E-state index in [0.717, 1.165) is 6.42 Å². The zero-order valence-corrected chi connectivity index (χ0v) is 13.3. The van der Waals surface area contributed by atoms with Gasteiger partial charge in [-0.1, -0.05) is 70.8 Å². The quantitative estimate of drug-likeness (QED) is 0.456. The minimum atomic E-state index is 0. The number of hydrogen-bond acceptors (Lipinski definition) is 1. The lowest BCUT2D eigenvalue weighted by molar-refractivity contribution is 0.555. The summed E-state index contributed by atoms with van der Waals surface area (Å²) in [4.78, 5) is 4.35. The average molecular weight is 284 g/mol. The molecule has 0 amide bonds. The average Bonchev–Trinajstić information content (AvgIpc) is 2.42. The van der Waals surface area contributed by atoms with Crippen LogP contribution in [-0.2, 0) is 6.42 Å². The van der Waals surface area contributed by atoms with Crippen molar-refractivity contribution in [3.8, 4) is 0 Å². The Kier molecular flexibility index (Phi) is 13.5. The molecule has 0 radical (unpaired) electrons. The first-order chi connectivity index (χ1) is 8.93. The number of aromatic nitrogens is 1. The van der Waals surface area contributed by atoms with Gasteiger partial charge >= 0.3 is 0 Å². The van der Waals surface area contributed by atoms with E-state index in [1.807, 2.05) is 12.3 Å². The van der Waals surface area contributed by atoms with Crippen molar-refractivity contribution in [3.63, 3.8) is 0 Å². The summed E-state index contributed by atoms with van der Waals surface area (Å²) in [7, 11) is 0. The van der Waals surface area contributed by atoms with Gasteiger partial charge in [-0.15, -0.1) is 12.4 Å². The largest absolute Gasteiger partial charge is 0.261 e. The predicted molar refractivity (Wildman–Crippen MR) is 87.0 cm³/mol. The summed E-state index contributed by atoms with van der Waals surface area (Å²) in [5, 5.41) is 0. The highest BCUT2D eigenvalue weighted by molar-refractivity contribution is 5.85. The van der Waals surface area contributed by atoms with E-state index in [4.69, 9.17) is 0 Å². The summed E-state index contributed by atoms with van der Waals surface area (Å²) < 4.78 is 0. The zero-order valence-electron chi connectivity index (χ0n) is 12.4. The normalized spacial score (nSPS) is 10.2. The van der Waals surface area contributed by atoms with Crippen LogP contribution >= 0.6 is 12.4 Å². The van der Waals surface area contributed by atoms with E-state index < -0.39 is 0 Å². The summed E-state index contributed by atoms with van der Waals surface area (Å²) in [6.45, 7) is 2.28. The highest BCUT2D eigenvalue weighted by Crippen LogP contribution is 2.11. The van der Waals surface area contributed by atoms with Gasteiger partial charge < -0.3 is 0 Å². The van der Waals surface area contributed by atoms with Gasteiger partial charge in [0.2, 0.25) is 0 Å². The minimum absolute atomic E-state index is 0. The van der Waals surface area contributed by atoms with Crippen LogP contribution in [0.3, 0.4) is 0 Å². The molecule has 0 spiro atoms. The monoisotopic (exact) mass is 283 g/mol. The third-order valence-corrected chi connectivity index (χ3v) is 3.51. The molecule has 0 saturated heterocycles. The van der Waals surface area contributed by atoms with Gasteiger partial charge in [0.25, 0.3) is 0 Å². The molecular weight excluding hydrogens is 254 g/mol. The van der Waals surface area contributed by atoms with Crippen LogP contribution in [0.1, 0.15) is 76.8 Å². The van der Waals surface area contributed by atoms with E-state index in [2.05, 4.69) is 24.0 Å². The van der Waals surface area contributed by atoms with Crippen LogP contribution in [0.15, 0.2) is 24.4 Å². The smallest absolute Gasteiger partial charge is 0.0403 e. The number of unbranched alkanes of at least 4 members (excludes halogenated alkanes) is 9. The molecule has 1 heterocycles. The van der Waals surface area contributed by atoms with Crippen molar-refractivity contribution in [2.75, 3.05) is 0 Å². The standard InChI is InChI=1S/C17H29N.ClH/c1-2-3-4-5-6-7-8-9-10-11-14-17-15-12-13-16-18-17;/h12-13,15-16H,2-11,14H2,1H3;1H. The number of halogens is 1. The van der Waals surface area contributed by atoms with Gasteiger partial charge in [-0.2, -0.15) is 0 Å². The third-order valence-electron chi connectivity index (χ3n) is 3.51. The number of aryl methyl sites for hydroxylation is 1. The van der Waals surface area contributed by atoms with E-state index in [1.165, 1.54) is 69.9 Å². The molecule has 0 unspecified atom stereocenters. The lowest BCUT2D eigenvalue weighted by atomic mass is 10.1. The SMILES string of the molecule is CCCCCCCCCCCCc1ccccn1.Cl. The molecule has 110 valence electrons. The summed E-state index contributed by atoms with van der Waals surface area (Å²) in [6, 6.07) is 6.20. The number of nitrogens with zero attached hydrogens (tertiary/aromatic N) is 1. The molecule has 19 heavy (non-hydrogen) atoms. The topological polar surface area (TPSA) is 12.9 Å². The van der Waals surface area contributed by atoms with Crippen molar-refractivity contribution in [2.24, 2.45) is 0 Å². The fraction of sp³-hybridized carbons (Fsp3) is 0.706. The molecule has 0 saturated carbocycles. The van der Waals surface area contributed by atoms with Gasteiger partial charge in [0, 0.05) is 11.9 Å². The maximum Gasteiger partial charge on any atom is 0.0403 e. The molecule has 0 N–H and O–H groups in total. The van der Waals surface area contributed by atoms with Crippen LogP contribution in [-0.4, -0.2) is 4.98 Å². The Bertz CT molecular complexity index is 274. The maximum atomic E-state index is 4.35. The van der Waals surface area contributed by atoms with Gasteiger partial charge in [0.05, 0.1) is 0 Å². The molecule has 1 aromatic heterocycles. The zero-order chi connectivity index (χ0) is 12.9. The molecule has 0 aromatic carbocycles. The first-order valence-electron chi connectivity index (χ1n) is 7.83. The molecular formula is C17H30ClN. The Morgan fingerprint density at radius 2 is 1.37 bits per heavy atom. The molecule has 1 nitrogen and oxygen atoms in total. The summed E-state index contributed by atoms with van der Waals surface area (Å²) in [5.41, 5.74) is 1.25. The fourth-order valence-corrected chi connectivity index (χ4v) is 2.34. The first kappa shape index (κ1) is 18.4. The second-order valence-electron chi connectivity index (χ2n) is 5.25. The Morgan fingerprint density at radius 1 is 0.789 bits per heavy atom. The second kappa shape index (κ2) is 13.9. The summed E-state index contributed by atoms with van der Waals surface area (Å²) >= 11 is 0. The molecule has 0 aliphatic heterocycles. The molecule has 0 aliphatic rings. The van der Waals surface area contributed by atoms with Crippen molar-refractivity contribution in [3.05, 3.63) is 30.1 Å². The molecule has 2 heteroatoms. The van der Waals surface area contributed by atoms with Crippen molar-refractivity contribution in [1.29, 1.82) is 0 Å². The van der Waals surface area contributed by atoms with Gasteiger partial charge in [-0.05, 0) is 25.0 Å². The van der Waals surface area contributed by atoms with Crippen molar-refractivity contribution in [1.82, 2.24) is 4.98 Å². The van der Waals surface area contributed by atoms with Crippen molar-refractivity contribution >= 4 is 12.4 Å². The number of rotatable bonds is 11. The highest BCUT2D eigenvalue weighted by atomic mass is 35.5. The van der Waals surface area contributed by atoms with Gasteiger partial charge in [0.1, 0.15) is 0 Å². The van der Waals surface area contributed by atoms with E-state index >= 15 is 0 Å². The van der Waals surface area contributed by atoms with E-state index in [9.17, 15) is 0 Å². The molecule has 0 aliphatic carbocycles. The molecule has 1 rings (SSSR count). The van der Waals surface area contributed by atoms with Crippen LogP contribution < -0.4 is 0 Å². The third kappa shape index (κ3) is 11.0. The Morgan fingerprint density at radius 3 is 1.89 bits per heavy atom.